The second-order valence-electron chi connectivity index (χ2n) is 1.92. The van der Waals surface area contributed by atoms with E-state index in [2.05, 4.69) is 0 Å². The highest BCUT2D eigenvalue weighted by molar-refractivity contribution is 14.1. The summed E-state index contributed by atoms with van der Waals surface area (Å²) in [6.45, 7) is 3.48. The van der Waals surface area contributed by atoms with Crippen molar-refractivity contribution in [2.24, 2.45) is 5.92 Å². The molecule has 0 saturated carbocycles. The lowest BCUT2D eigenvalue weighted by atomic mass is 10.1. The molecule has 0 spiro atoms. The first kappa shape index (κ1) is 9.33. The molecule has 0 rings (SSSR count). The summed E-state index contributed by atoms with van der Waals surface area (Å²) in [6.07, 6.45) is 0.641. The van der Waals surface area contributed by atoms with Crippen molar-refractivity contribution in [1.82, 2.24) is 0 Å². The lowest BCUT2D eigenvalue weighted by Gasteiger charge is -2.02. The zero-order chi connectivity index (χ0) is 7.44. The number of allylic oxidation sites excluding steroid dienone is 1. The Morgan fingerprint density at radius 2 is 2.00 bits per heavy atom. The lowest BCUT2D eigenvalue weighted by Crippen LogP contribution is -1.92. The van der Waals surface area contributed by atoms with Gasteiger partial charge in [0.25, 0.3) is 0 Å². The second-order valence-corrected chi connectivity index (χ2v) is 2.86. The molecule has 9 heavy (non-hydrogen) atoms. The lowest BCUT2D eigenvalue weighted by molar-refractivity contribution is 0.456. The van der Waals surface area contributed by atoms with Crippen molar-refractivity contribution in [3.05, 3.63) is 9.66 Å². The van der Waals surface area contributed by atoms with E-state index in [1.165, 1.54) is 22.6 Å². The molecular weight excluding hydrogens is 237 g/mol. The number of hydrogen-bond acceptors (Lipinski definition) is 0. The zero-order valence-electron chi connectivity index (χ0n) is 5.42. The largest absolute Gasteiger partial charge is 0.208 e. The van der Waals surface area contributed by atoms with Gasteiger partial charge in [-0.05, 0) is 29.0 Å². The van der Waals surface area contributed by atoms with Gasteiger partial charge in [0.2, 0.25) is 0 Å². The van der Waals surface area contributed by atoms with E-state index in [0.717, 1.165) is 0 Å². The Kier molecular flexibility index (Phi) is 4.35. The summed E-state index contributed by atoms with van der Waals surface area (Å²) in [4.78, 5) is 0. The minimum atomic E-state index is -0.720. The molecule has 0 aromatic carbocycles. The number of rotatable bonds is 2. The van der Waals surface area contributed by atoms with Crippen LogP contribution in [-0.2, 0) is 0 Å². The average Bonchev–Trinajstić information content (AvgIpc) is 1.84. The van der Waals surface area contributed by atoms with Crippen LogP contribution in [0.2, 0.25) is 0 Å². The summed E-state index contributed by atoms with van der Waals surface area (Å²) in [5, 5.41) is 0. The Labute approximate surface area is 67.5 Å². The first-order valence-electron chi connectivity index (χ1n) is 2.80. The smallest absolute Gasteiger partial charge is 0.192 e. The predicted molar refractivity (Wildman–Crippen MR) is 42.7 cm³/mol. The highest BCUT2D eigenvalue weighted by Crippen LogP contribution is 2.24. The van der Waals surface area contributed by atoms with Gasteiger partial charge in [-0.25, -0.2) is 4.39 Å². The Morgan fingerprint density at radius 1 is 1.56 bits per heavy atom. The summed E-state index contributed by atoms with van der Waals surface area (Å²) in [6, 6.07) is 0. The van der Waals surface area contributed by atoms with Gasteiger partial charge in [0.15, 0.2) is 3.83 Å². The molecule has 0 amide bonds. The van der Waals surface area contributed by atoms with E-state index in [1.807, 2.05) is 6.92 Å². The first-order valence-corrected chi connectivity index (χ1v) is 3.88. The van der Waals surface area contributed by atoms with Crippen molar-refractivity contribution < 1.29 is 8.78 Å². The SMILES string of the molecule is CCC(C)/C(F)=C(/F)I. The van der Waals surface area contributed by atoms with Crippen molar-refractivity contribution in [2.45, 2.75) is 20.3 Å². The molecule has 0 aromatic rings. The molecule has 0 aliphatic carbocycles. The van der Waals surface area contributed by atoms with Gasteiger partial charge < -0.3 is 0 Å². The average molecular weight is 246 g/mol. The summed E-state index contributed by atoms with van der Waals surface area (Å²) < 4.78 is 23.7. The molecule has 0 aliphatic heterocycles. The van der Waals surface area contributed by atoms with Crippen LogP contribution in [0, 0.1) is 5.92 Å². The summed E-state index contributed by atoms with van der Waals surface area (Å²) >= 11 is 1.34. The third kappa shape index (κ3) is 3.13. The summed E-state index contributed by atoms with van der Waals surface area (Å²) in [5.41, 5.74) is 0. The van der Waals surface area contributed by atoms with Crippen molar-refractivity contribution in [1.29, 1.82) is 0 Å². The van der Waals surface area contributed by atoms with Crippen LogP contribution in [0.15, 0.2) is 9.66 Å². The molecule has 0 N–H and O–H groups in total. The maximum Gasteiger partial charge on any atom is 0.192 e. The highest BCUT2D eigenvalue weighted by atomic mass is 127. The fourth-order valence-electron chi connectivity index (χ4n) is 0.365. The molecule has 0 heterocycles. The fourth-order valence-corrected chi connectivity index (χ4v) is 0.897. The molecule has 0 fully saturated rings. The monoisotopic (exact) mass is 246 g/mol. The Morgan fingerprint density at radius 3 is 2.11 bits per heavy atom. The fraction of sp³-hybridized carbons (Fsp3) is 0.667. The third-order valence-corrected chi connectivity index (χ3v) is 1.74. The Bertz CT molecular complexity index is 116. The molecule has 0 radical (unpaired) electrons. The van der Waals surface area contributed by atoms with Crippen LogP contribution < -0.4 is 0 Å². The predicted octanol–water partition coefficient (Wildman–Crippen LogP) is 3.58. The van der Waals surface area contributed by atoms with E-state index >= 15 is 0 Å². The van der Waals surface area contributed by atoms with Gasteiger partial charge >= 0.3 is 0 Å². The Hall–Kier alpha value is 0.330. The van der Waals surface area contributed by atoms with Crippen LogP contribution in [0.5, 0.6) is 0 Å². The van der Waals surface area contributed by atoms with Gasteiger partial charge in [-0.1, -0.05) is 13.8 Å². The molecule has 0 saturated heterocycles. The van der Waals surface area contributed by atoms with E-state index in [0.29, 0.717) is 6.42 Å². The first-order chi connectivity index (χ1) is 4.09. The zero-order valence-corrected chi connectivity index (χ0v) is 7.58. The minimum absolute atomic E-state index is 0.276. The normalized spacial score (nSPS) is 17.0. The van der Waals surface area contributed by atoms with E-state index < -0.39 is 9.66 Å². The molecule has 0 aliphatic rings. The minimum Gasteiger partial charge on any atom is -0.208 e. The van der Waals surface area contributed by atoms with Crippen LogP contribution in [0.3, 0.4) is 0 Å². The Balaban J connectivity index is 4.02. The van der Waals surface area contributed by atoms with E-state index in [-0.39, 0.29) is 5.92 Å². The van der Waals surface area contributed by atoms with Gasteiger partial charge in [0.05, 0.1) is 0 Å². The molecule has 54 valence electrons. The van der Waals surface area contributed by atoms with Gasteiger partial charge in [-0.3, -0.25) is 0 Å². The maximum atomic E-state index is 12.4. The quantitative estimate of drug-likeness (QED) is 0.653. The topological polar surface area (TPSA) is 0 Å². The van der Waals surface area contributed by atoms with Crippen LogP contribution in [0.25, 0.3) is 0 Å². The molecule has 0 bridgehead atoms. The van der Waals surface area contributed by atoms with Crippen LogP contribution in [0.1, 0.15) is 20.3 Å². The highest BCUT2D eigenvalue weighted by Gasteiger charge is 2.09. The van der Waals surface area contributed by atoms with Crippen molar-refractivity contribution in [3.63, 3.8) is 0 Å². The molecule has 0 aromatic heterocycles. The van der Waals surface area contributed by atoms with Crippen molar-refractivity contribution in [2.75, 3.05) is 0 Å². The van der Waals surface area contributed by atoms with Crippen LogP contribution in [-0.4, -0.2) is 0 Å². The van der Waals surface area contributed by atoms with E-state index in [9.17, 15) is 8.78 Å². The molecule has 1 unspecified atom stereocenters. The van der Waals surface area contributed by atoms with E-state index in [1.54, 1.807) is 6.92 Å². The van der Waals surface area contributed by atoms with Gasteiger partial charge in [0.1, 0.15) is 5.83 Å². The maximum absolute atomic E-state index is 12.4. The second kappa shape index (κ2) is 4.19. The third-order valence-electron chi connectivity index (χ3n) is 1.23. The number of hydrogen-bond donors (Lipinski definition) is 0. The van der Waals surface area contributed by atoms with Crippen LogP contribution >= 0.6 is 22.6 Å². The van der Waals surface area contributed by atoms with Crippen molar-refractivity contribution in [3.8, 4) is 0 Å². The molecular formula is C6H9F2I. The van der Waals surface area contributed by atoms with Gasteiger partial charge in [0, 0.05) is 5.92 Å². The van der Waals surface area contributed by atoms with Crippen molar-refractivity contribution >= 4 is 22.6 Å². The molecule has 3 heteroatoms. The van der Waals surface area contributed by atoms with Gasteiger partial charge in [-0.2, -0.15) is 4.39 Å². The standard InChI is InChI=1S/C6H9F2I/c1-3-4(2)5(7)6(8)9/h4H,3H2,1-2H3/b6-5+. The number of halogens is 3. The van der Waals surface area contributed by atoms with E-state index in [4.69, 9.17) is 0 Å². The molecule has 1 atom stereocenters. The van der Waals surface area contributed by atoms with Gasteiger partial charge in [-0.15, -0.1) is 0 Å². The summed E-state index contributed by atoms with van der Waals surface area (Å²) in [7, 11) is 0. The van der Waals surface area contributed by atoms with Crippen LogP contribution in [0.4, 0.5) is 8.78 Å². The summed E-state index contributed by atoms with van der Waals surface area (Å²) in [5.74, 6) is -0.903. The molecule has 0 nitrogen and oxygen atoms in total.